The molecule has 26 heavy (non-hydrogen) atoms. The van der Waals surface area contributed by atoms with Crippen LogP contribution in [0.2, 0.25) is 0 Å². The van der Waals surface area contributed by atoms with Gasteiger partial charge in [-0.1, -0.05) is 13.0 Å². The predicted molar refractivity (Wildman–Crippen MR) is 94.1 cm³/mol. The molecule has 2 heterocycles. The Labute approximate surface area is 152 Å². The van der Waals surface area contributed by atoms with E-state index in [9.17, 15) is 9.59 Å². The summed E-state index contributed by atoms with van der Waals surface area (Å²) in [5, 5.41) is 5.60. The van der Waals surface area contributed by atoms with Gasteiger partial charge in [-0.15, -0.1) is 0 Å². The number of carbonyl (C=O) groups excluding carboxylic acids is 2. The van der Waals surface area contributed by atoms with Crippen LogP contribution in [-0.2, 0) is 14.3 Å². The van der Waals surface area contributed by atoms with Crippen molar-refractivity contribution in [1.82, 2.24) is 5.32 Å². The van der Waals surface area contributed by atoms with E-state index in [1.807, 2.05) is 0 Å². The molecule has 7 heteroatoms. The molecule has 2 aliphatic heterocycles. The van der Waals surface area contributed by atoms with Gasteiger partial charge in [-0.05, 0) is 30.9 Å². The van der Waals surface area contributed by atoms with Gasteiger partial charge < -0.3 is 24.8 Å². The van der Waals surface area contributed by atoms with Crippen LogP contribution < -0.4 is 15.4 Å². The highest BCUT2D eigenvalue weighted by molar-refractivity contribution is 6.03. The van der Waals surface area contributed by atoms with Gasteiger partial charge in [-0.25, -0.2) is 0 Å². The molecule has 1 atom stereocenters. The smallest absolute Gasteiger partial charge is 0.262 e. The molecule has 0 aromatic heterocycles. The summed E-state index contributed by atoms with van der Waals surface area (Å²) < 4.78 is 17.5. The van der Waals surface area contributed by atoms with E-state index in [4.69, 9.17) is 14.2 Å². The summed E-state index contributed by atoms with van der Waals surface area (Å²) in [4.78, 5) is 24.0. The molecule has 1 aliphatic carbocycles. The van der Waals surface area contributed by atoms with Crippen LogP contribution in [0.3, 0.4) is 0 Å². The van der Waals surface area contributed by atoms with Gasteiger partial charge >= 0.3 is 0 Å². The van der Waals surface area contributed by atoms with Gasteiger partial charge in [-0.3, -0.25) is 9.59 Å². The second-order valence-electron chi connectivity index (χ2n) is 7.37. The Morgan fingerprint density at radius 3 is 2.96 bits per heavy atom. The van der Waals surface area contributed by atoms with Crippen LogP contribution >= 0.6 is 0 Å². The van der Waals surface area contributed by atoms with E-state index in [1.54, 1.807) is 18.2 Å². The fraction of sp³-hybridized carbons (Fsp3) is 0.579. The van der Waals surface area contributed by atoms with Crippen LogP contribution in [0.1, 0.15) is 43.0 Å². The molecular weight excluding hydrogens is 336 g/mol. The van der Waals surface area contributed by atoms with Crippen LogP contribution in [-0.4, -0.2) is 43.5 Å². The van der Waals surface area contributed by atoms with Crippen LogP contribution in [0.15, 0.2) is 18.2 Å². The van der Waals surface area contributed by atoms with Gasteiger partial charge in [0.05, 0.1) is 17.9 Å². The second kappa shape index (κ2) is 6.89. The molecule has 1 unspecified atom stereocenters. The fourth-order valence-electron chi connectivity index (χ4n) is 3.78. The summed E-state index contributed by atoms with van der Waals surface area (Å²) >= 11 is 0. The molecule has 1 spiro atoms. The van der Waals surface area contributed by atoms with Gasteiger partial charge in [0.25, 0.3) is 11.8 Å². The third-order valence-electron chi connectivity index (χ3n) is 5.32. The number of fused-ring (bicyclic) bond motifs is 1. The maximum absolute atomic E-state index is 12.6. The lowest BCUT2D eigenvalue weighted by molar-refractivity contribution is -0.191. The molecule has 3 aliphatic rings. The van der Waals surface area contributed by atoms with Crippen molar-refractivity contribution in [2.75, 3.05) is 25.1 Å². The molecule has 4 rings (SSSR count). The summed E-state index contributed by atoms with van der Waals surface area (Å²) in [6.07, 6.45) is 3.90. The van der Waals surface area contributed by atoms with Crippen molar-refractivity contribution in [3.8, 4) is 5.75 Å². The zero-order valence-corrected chi connectivity index (χ0v) is 14.9. The van der Waals surface area contributed by atoms with Gasteiger partial charge in [0.1, 0.15) is 6.10 Å². The van der Waals surface area contributed by atoms with Gasteiger partial charge in [-0.2, -0.15) is 0 Å². The molecule has 2 N–H and O–H groups in total. The number of para-hydroxylation sites is 1. The van der Waals surface area contributed by atoms with E-state index >= 15 is 0 Å². The zero-order chi connectivity index (χ0) is 18.1. The topological polar surface area (TPSA) is 85.9 Å². The molecule has 1 aromatic carbocycles. The number of nitrogens with one attached hydrogen (secondary N) is 2. The maximum Gasteiger partial charge on any atom is 0.262 e. The summed E-state index contributed by atoms with van der Waals surface area (Å²) in [6, 6.07) is 5.11. The Balaban J connectivity index is 1.35. The van der Waals surface area contributed by atoms with E-state index in [0.29, 0.717) is 30.2 Å². The second-order valence-corrected chi connectivity index (χ2v) is 7.37. The van der Waals surface area contributed by atoms with Gasteiger partial charge in [0.15, 0.2) is 18.1 Å². The molecule has 140 valence electrons. The van der Waals surface area contributed by atoms with Crippen molar-refractivity contribution in [3.63, 3.8) is 0 Å². The molecule has 1 saturated carbocycles. The Bertz CT molecular complexity index is 712. The average Bonchev–Trinajstić information content (AvgIpc) is 3.04. The first-order valence-corrected chi connectivity index (χ1v) is 9.20. The molecule has 2 fully saturated rings. The number of hydrogen-bond donors (Lipinski definition) is 2. The number of carbonyl (C=O) groups is 2. The molecule has 0 radical (unpaired) electrons. The third-order valence-corrected chi connectivity index (χ3v) is 5.32. The summed E-state index contributed by atoms with van der Waals surface area (Å²) in [7, 11) is 0. The molecule has 7 nitrogen and oxygen atoms in total. The average molecular weight is 360 g/mol. The Morgan fingerprint density at radius 1 is 1.35 bits per heavy atom. The quantitative estimate of drug-likeness (QED) is 0.862. The zero-order valence-electron chi connectivity index (χ0n) is 14.9. The van der Waals surface area contributed by atoms with Crippen molar-refractivity contribution >= 4 is 17.5 Å². The standard InChI is InChI=1S/C19H24N2O5/c1-12-5-7-19(8-6-12)25-10-13(26-19)9-20-18(23)14-3-2-4-15-17(14)24-11-16(22)21-15/h2-4,12-13H,5-11H2,1H3,(H,20,23)(H,21,22). The largest absolute Gasteiger partial charge is 0.481 e. The van der Waals surface area contributed by atoms with Crippen molar-refractivity contribution < 1.29 is 23.8 Å². The van der Waals surface area contributed by atoms with Crippen molar-refractivity contribution in [3.05, 3.63) is 23.8 Å². The number of rotatable bonds is 3. The SMILES string of the molecule is CC1CCC2(CC1)OCC(CNC(=O)c1cccc3c1OCC(=O)N3)O2. The van der Waals surface area contributed by atoms with Gasteiger partial charge in [0.2, 0.25) is 0 Å². The van der Waals surface area contributed by atoms with E-state index in [2.05, 4.69) is 17.6 Å². The Hall–Kier alpha value is -2.12. The molecular formula is C19H24N2O5. The maximum atomic E-state index is 12.6. The third kappa shape index (κ3) is 3.41. The molecule has 0 bridgehead atoms. The van der Waals surface area contributed by atoms with Crippen LogP contribution in [0.25, 0.3) is 0 Å². The number of hydrogen-bond acceptors (Lipinski definition) is 5. The lowest BCUT2D eigenvalue weighted by Crippen LogP contribution is -2.38. The highest BCUT2D eigenvalue weighted by Gasteiger charge is 2.43. The molecule has 1 aromatic rings. The van der Waals surface area contributed by atoms with Crippen molar-refractivity contribution in [2.24, 2.45) is 5.92 Å². The molecule has 2 amide bonds. The summed E-state index contributed by atoms with van der Waals surface area (Å²) in [6.45, 7) is 3.04. The number of amides is 2. The van der Waals surface area contributed by atoms with E-state index in [1.165, 1.54) is 0 Å². The monoisotopic (exact) mass is 360 g/mol. The Morgan fingerprint density at radius 2 is 2.15 bits per heavy atom. The highest BCUT2D eigenvalue weighted by Crippen LogP contribution is 2.39. The first-order valence-electron chi connectivity index (χ1n) is 9.20. The fourth-order valence-corrected chi connectivity index (χ4v) is 3.78. The summed E-state index contributed by atoms with van der Waals surface area (Å²) in [5.41, 5.74) is 0.923. The minimum Gasteiger partial charge on any atom is -0.481 e. The number of ether oxygens (including phenoxy) is 3. The summed E-state index contributed by atoms with van der Waals surface area (Å²) in [5.74, 6) is 0.196. The Kier molecular flexibility index (Phi) is 4.58. The lowest BCUT2D eigenvalue weighted by atomic mass is 9.86. The van der Waals surface area contributed by atoms with Crippen LogP contribution in [0, 0.1) is 5.92 Å². The van der Waals surface area contributed by atoms with Crippen LogP contribution in [0.5, 0.6) is 5.75 Å². The van der Waals surface area contributed by atoms with Gasteiger partial charge in [0, 0.05) is 19.4 Å². The minimum atomic E-state index is -0.457. The number of anilines is 1. The first kappa shape index (κ1) is 17.3. The minimum absolute atomic E-state index is 0.0855. The number of benzene rings is 1. The van der Waals surface area contributed by atoms with E-state index in [0.717, 1.165) is 31.6 Å². The van der Waals surface area contributed by atoms with E-state index < -0.39 is 5.79 Å². The van der Waals surface area contributed by atoms with Crippen LogP contribution in [0.4, 0.5) is 5.69 Å². The highest BCUT2D eigenvalue weighted by atomic mass is 16.7. The molecule has 1 saturated heterocycles. The van der Waals surface area contributed by atoms with Crippen molar-refractivity contribution in [1.29, 1.82) is 0 Å². The first-order chi connectivity index (χ1) is 12.5. The van der Waals surface area contributed by atoms with E-state index in [-0.39, 0.29) is 24.5 Å². The predicted octanol–water partition coefficient (Wildman–Crippen LogP) is 2.07. The lowest BCUT2D eigenvalue weighted by Gasteiger charge is -2.34. The normalized spacial score (nSPS) is 30.4. The van der Waals surface area contributed by atoms with Crippen molar-refractivity contribution in [2.45, 2.75) is 44.5 Å².